The molecule has 0 radical (unpaired) electrons. The summed E-state index contributed by atoms with van der Waals surface area (Å²) in [4.78, 5) is 38.6. The molecule has 0 heterocycles. The molecule has 29 heavy (non-hydrogen) atoms. The Labute approximate surface area is 186 Å². The third-order valence-corrected chi connectivity index (χ3v) is 9.43. The third-order valence-electron chi connectivity index (χ3n) is 9.12. The molecule has 3 saturated carbocycles. The molecule has 4 nitrogen and oxygen atoms in total. The molecule has 3 fully saturated rings. The largest absolute Gasteiger partial charge is 0.451 e. The third kappa shape index (κ3) is 2.24. The van der Waals surface area contributed by atoms with Crippen LogP contribution in [0.5, 0.6) is 0 Å². The van der Waals surface area contributed by atoms with Gasteiger partial charge in [-0.05, 0) is 74.3 Å². The predicted octanol–water partition coefficient (Wildman–Crippen LogP) is 4.61. The monoisotopic (exact) mass is 423 g/mol. The topological polar surface area (TPSA) is 60.4 Å². The highest BCUT2D eigenvalue weighted by Crippen LogP contribution is 2.72. The van der Waals surface area contributed by atoms with Crippen LogP contribution < -0.4 is 0 Å². The van der Waals surface area contributed by atoms with Gasteiger partial charge in [0.15, 0.2) is 17.2 Å². The van der Waals surface area contributed by atoms with Crippen LogP contribution in [0.25, 0.3) is 0 Å². The van der Waals surface area contributed by atoms with E-state index in [0.717, 1.165) is 0 Å². The highest BCUT2D eigenvalue weighted by molar-refractivity contribution is 6.32. The van der Waals surface area contributed by atoms with Gasteiger partial charge in [-0.1, -0.05) is 31.5 Å². The van der Waals surface area contributed by atoms with E-state index in [1.165, 1.54) is 0 Å². The minimum Gasteiger partial charge on any atom is -0.451 e. The highest BCUT2D eigenvalue weighted by Gasteiger charge is 2.70. The maximum atomic E-state index is 13.4. The molecule has 0 aliphatic heterocycles. The van der Waals surface area contributed by atoms with E-state index >= 15 is 0 Å². The number of esters is 1. The van der Waals surface area contributed by atoms with Crippen molar-refractivity contribution in [1.82, 2.24) is 0 Å². The molecule has 0 unspecified atom stereocenters. The van der Waals surface area contributed by atoms with Gasteiger partial charge in [0.25, 0.3) is 0 Å². The number of rotatable bonds is 2. The smallest absolute Gasteiger partial charge is 0.303 e. The second kappa shape index (κ2) is 5.84. The molecule has 0 aromatic heterocycles. The minimum atomic E-state index is -3.14. The second-order valence-electron chi connectivity index (χ2n) is 9.94. The fourth-order valence-electron chi connectivity index (χ4n) is 7.59. The van der Waals surface area contributed by atoms with Crippen molar-refractivity contribution in [1.29, 1.82) is 0 Å². The Hall–Kier alpha value is -1.42. The zero-order valence-corrected chi connectivity index (χ0v) is 17.3. The quantitative estimate of drug-likeness (QED) is 0.608. The van der Waals surface area contributed by atoms with E-state index in [4.69, 9.17) is 25.9 Å². The number of hydrogen-bond acceptors (Lipinski definition) is 4. The molecule has 0 amide bonds. The Kier molecular flexibility index (Phi) is 2.64. The molecule has 156 valence electrons. The number of hydrogen-bond donors (Lipinski definition) is 0. The fraction of sp³-hybridized carbons (Fsp3) is 0.708. The number of halogens is 1. The van der Waals surface area contributed by atoms with E-state index < -0.39 is 41.9 Å². The van der Waals surface area contributed by atoms with Crippen molar-refractivity contribution in [2.24, 2.45) is 40.4 Å². The molecule has 5 heteroatoms. The van der Waals surface area contributed by atoms with Crippen molar-refractivity contribution in [3.8, 4) is 0 Å². The van der Waals surface area contributed by atoms with Gasteiger partial charge in [-0.3, -0.25) is 14.4 Å². The van der Waals surface area contributed by atoms with Gasteiger partial charge in [-0.15, -0.1) is 0 Å². The Balaban J connectivity index is 1.61. The SMILES string of the molecule is [2H]C1=C2C(Cl)=C[C@@H]3[C@H](CC[C@@]4(C)[C@H]3CC[C@]4(OC(=O)C([2H])([2H])[2H])C(=O)C([2H])([2H])[2H])[C@@]2(C)[C@H]2C[C@H]2C1=O. The van der Waals surface area contributed by atoms with Gasteiger partial charge in [-0.2, -0.15) is 0 Å². The summed E-state index contributed by atoms with van der Waals surface area (Å²) in [5, 5.41) is 0.339. The Morgan fingerprint density at radius 2 is 1.97 bits per heavy atom. The molecule has 8 atom stereocenters. The van der Waals surface area contributed by atoms with E-state index in [9.17, 15) is 14.4 Å². The molecule has 5 aliphatic carbocycles. The van der Waals surface area contributed by atoms with Gasteiger partial charge in [0.2, 0.25) is 0 Å². The van der Waals surface area contributed by atoms with Crippen LogP contribution in [-0.4, -0.2) is 23.1 Å². The summed E-state index contributed by atoms with van der Waals surface area (Å²) in [6.07, 6.45) is 3.66. The van der Waals surface area contributed by atoms with Gasteiger partial charge in [0.05, 0.1) is 1.37 Å². The number of ether oxygens (including phenoxy) is 1. The molecule has 0 spiro atoms. The average Bonchev–Trinajstić information content (AvgIpc) is 3.50. The van der Waals surface area contributed by atoms with Crippen molar-refractivity contribution in [3.05, 3.63) is 22.7 Å². The van der Waals surface area contributed by atoms with Crippen LogP contribution in [0.2, 0.25) is 0 Å². The minimum absolute atomic E-state index is 0.00788. The highest BCUT2D eigenvalue weighted by atomic mass is 35.5. The number of ketones is 2. The lowest BCUT2D eigenvalue weighted by molar-refractivity contribution is -0.185. The maximum Gasteiger partial charge on any atom is 0.303 e. The zero-order valence-electron chi connectivity index (χ0n) is 23.5. The Morgan fingerprint density at radius 3 is 2.69 bits per heavy atom. The second-order valence-corrected chi connectivity index (χ2v) is 10.3. The van der Waals surface area contributed by atoms with Crippen LogP contribution in [0.4, 0.5) is 0 Å². The lowest BCUT2D eigenvalue weighted by Gasteiger charge is -2.57. The molecule has 0 bridgehead atoms. The molecule has 5 rings (SSSR count). The fourth-order valence-corrected chi connectivity index (χ4v) is 7.98. The Bertz CT molecular complexity index is 1140. The lowest BCUT2D eigenvalue weighted by Crippen LogP contribution is -2.58. The van der Waals surface area contributed by atoms with E-state index in [0.29, 0.717) is 36.3 Å². The van der Waals surface area contributed by atoms with Gasteiger partial charge in [0.1, 0.15) is 0 Å². The Morgan fingerprint density at radius 1 is 1.21 bits per heavy atom. The zero-order chi connectivity index (χ0) is 26.8. The van der Waals surface area contributed by atoms with E-state index in [1.54, 1.807) is 6.92 Å². The summed E-state index contributed by atoms with van der Waals surface area (Å²) in [5.41, 5.74) is -3.14. The number of Topliss-reactive ketones (excluding diaryl/α,β-unsaturated/α-hetero) is 1. The first-order valence-electron chi connectivity index (χ1n) is 13.8. The summed E-state index contributed by atoms with van der Waals surface area (Å²) in [5.74, 6) is -3.59. The summed E-state index contributed by atoms with van der Waals surface area (Å²) in [6.45, 7) is -2.44. The van der Waals surface area contributed by atoms with Crippen LogP contribution >= 0.6 is 11.6 Å². The van der Waals surface area contributed by atoms with Gasteiger partial charge < -0.3 is 4.74 Å². The van der Waals surface area contributed by atoms with Crippen molar-refractivity contribution in [2.45, 2.75) is 65.3 Å². The number of carbonyl (C=O) groups is 3. The van der Waals surface area contributed by atoms with Gasteiger partial charge >= 0.3 is 5.97 Å². The van der Waals surface area contributed by atoms with E-state index in [1.807, 2.05) is 6.08 Å². The summed E-state index contributed by atoms with van der Waals surface area (Å²) < 4.78 is 59.9. The van der Waals surface area contributed by atoms with Crippen molar-refractivity contribution in [3.63, 3.8) is 0 Å². The summed E-state index contributed by atoms with van der Waals surface area (Å²) >= 11 is 6.74. The van der Waals surface area contributed by atoms with Gasteiger partial charge in [0, 0.05) is 36.9 Å². The van der Waals surface area contributed by atoms with Crippen molar-refractivity contribution >= 4 is 29.1 Å². The van der Waals surface area contributed by atoms with Crippen LogP contribution in [0, 0.1) is 40.4 Å². The molecular formula is C24H29ClO4. The standard InChI is InChI=1S/C24H29ClO4/c1-12(26)24(29-13(2)27)8-6-16-14-10-20(25)19-11-21(28)15-9-18(15)23(19,4)17(14)5-7-22(16,24)3/h10-11,14-18H,5-9H2,1-4H3/t14-,15+,16-,17-,18-,22-,23-,24-/m0/s1/i1D3,2D3,11D. The molecular weight excluding hydrogens is 388 g/mol. The summed E-state index contributed by atoms with van der Waals surface area (Å²) in [7, 11) is 0. The van der Waals surface area contributed by atoms with Crippen LogP contribution in [0.15, 0.2) is 22.7 Å². The van der Waals surface area contributed by atoms with E-state index in [-0.39, 0.29) is 47.8 Å². The van der Waals surface area contributed by atoms with Crippen LogP contribution in [-0.2, 0) is 19.1 Å². The average molecular weight is 424 g/mol. The number of fused-ring (bicyclic) bond motifs is 7. The molecule has 5 aliphatic rings. The summed E-state index contributed by atoms with van der Waals surface area (Å²) in [6, 6.07) is -0.0331. The van der Waals surface area contributed by atoms with Gasteiger partial charge in [-0.25, -0.2) is 0 Å². The first kappa shape index (κ1) is 13.1. The lowest BCUT2D eigenvalue weighted by atomic mass is 9.47. The van der Waals surface area contributed by atoms with Crippen molar-refractivity contribution < 1.29 is 28.7 Å². The predicted molar refractivity (Wildman–Crippen MR) is 109 cm³/mol. The van der Waals surface area contributed by atoms with E-state index in [2.05, 4.69) is 6.92 Å². The molecule has 0 aromatic carbocycles. The normalized spacial score (nSPS) is 54.4. The van der Waals surface area contributed by atoms with Crippen LogP contribution in [0.1, 0.15) is 69.3 Å². The molecule has 0 saturated heterocycles. The van der Waals surface area contributed by atoms with Crippen molar-refractivity contribution in [2.75, 3.05) is 0 Å². The first-order chi connectivity index (χ1) is 16.4. The first-order valence-corrected chi connectivity index (χ1v) is 10.7. The maximum absolute atomic E-state index is 13.4. The van der Waals surface area contributed by atoms with Crippen LogP contribution in [0.3, 0.4) is 0 Å². The number of carbonyl (C=O) groups excluding carboxylic acids is 3. The molecule has 0 N–H and O–H groups in total. The number of allylic oxidation sites excluding steroid dienone is 4. The molecule has 0 aromatic rings.